The normalized spacial score (nSPS) is 24.4. The predicted octanol–water partition coefficient (Wildman–Crippen LogP) is 0.350. The van der Waals surface area contributed by atoms with Crippen molar-refractivity contribution in [3.63, 3.8) is 0 Å². The number of nitrogens with zero attached hydrogens (tertiary/aromatic N) is 1. The molecule has 1 spiro atoms. The quantitative estimate of drug-likeness (QED) is 0.759. The Morgan fingerprint density at radius 1 is 1.35 bits per heavy atom. The average Bonchev–Trinajstić information content (AvgIpc) is 2.75. The molecule has 2 saturated heterocycles. The van der Waals surface area contributed by atoms with Gasteiger partial charge in [-0.05, 0) is 20.8 Å². The van der Waals surface area contributed by atoms with E-state index in [2.05, 4.69) is 10.2 Å². The van der Waals surface area contributed by atoms with Crippen LogP contribution in [0.5, 0.6) is 0 Å². The molecule has 2 rings (SSSR count). The summed E-state index contributed by atoms with van der Waals surface area (Å²) in [6, 6.07) is 0. The van der Waals surface area contributed by atoms with E-state index in [1.807, 2.05) is 20.8 Å². The number of likely N-dealkylation sites (tertiary alicyclic amines) is 1. The first kappa shape index (κ1) is 12.8. The minimum atomic E-state index is -0.429. The van der Waals surface area contributed by atoms with Gasteiger partial charge in [0.2, 0.25) is 5.91 Å². The lowest BCUT2D eigenvalue weighted by Gasteiger charge is -2.24. The Labute approximate surface area is 102 Å². The van der Waals surface area contributed by atoms with Crippen LogP contribution in [0.3, 0.4) is 0 Å². The number of hydrogen-bond acceptors (Lipinski definition) is 4. The summed E-state index contributed by atoms with van der Waals surface area (Å²) in [5, 5.41) is 2.96. The van der Waals surface area contributed by atoms with Gasteiger partial charge in [-0.15, -0.1) is 0 Å². The summed E-state index contributed by atoms with van der Waals surface area (Å²) in [5.41, 5.74) is -0.172. The third kappa shape index (κ3) is 3.40. The third-order valence-corrected chi connectivity index (χ3v) is 2.97. The molecule has 98 valence electrons. The van der Waals surface area contributed by atoms with Crippen molar-refractivity contribution in [1.29, 1.82) is 0 Å². The average molecular weight is 242 g/mol. The number of rotatable bonds is 2. The second kappa shape index (κ2) is 4.55. The molecule has 2 heterocycles. The number of hydrogen-bond donors (Lipinski definition) is 1. The van der Waals surface area contributed by atoms with Crippen molar-refractivity contribution in [1.82, 2.24) is 10.2 Å². The Balaban J connectivity index is 1.79. The maximum atomic E-state index is 11.8. The molecule has 2 fully saturated rings. The summed E-state index contributed by atoms with van der Waals surface area (Å²) < 4.78 is 11.2. The molecule has 0 aromatic carbocycles. The molecule has 0 radical (unpaired) electrons. The van der Waals surface area contributed by atoms with Crippen LogP contribution in [0.4, 0.5) is 0 Å². The minimum absolute atomic E-state index is 0.0625. The van der Waals surface area contributed by atoms with E-state index in [0.717, 1.165) is 13.0 Å². The zero-order valence-corrected chi connectivity index (χ0v) is 10.9. The molecule has 0 unspecified atom stereocenters. The highest BCUT2D eigenvalue weighted by Crippen LogP contribution is 2.30. The van der Waals surface area contributed by atoms with Gasteiger partial charge < -0.3 is 14.8 Å². The SMILES string of the molecule is CC(C)(C)NC(=O)CN1CCC2(C1)OCCO2. The molecule has 0 aliphatic carbocycles. The summed E-state index contributed by atoms with van der Waals surface area (Å²) in [6.45, 7) is 9.27. The van der Waals surface area contributed by atoms with Gasteiger partial charge in [-0.3, -0.25) is 9.69 Å². The molecule has 17 heavy (non-hydrogen) atoms. The summed E-state index contributed by atoms with van der Waals surface area (Å²) in [7, 11) is 0. The van der Waals surface area contributed by atoms with E-state index in [0.29, 0.717) is 26.3 Å². The van der Waals surface area contributed by atoms with E-state index >= 15 is 0 Å². The van der Waals surface area contributed by atoms with Gasteiger partial charge in [0.05, 0.1) is 26.3 Å². The highest BCUT2D eigenvalue weighted by Gasteiger charge is 2.43. The highest BCUT2D eigenvalue weighted by molar-refractivity contribution is 5.78. The molecule has 1 N–H and O–H groups in total. The maximum absolute atomic E-state index is 11.8. The van der Waals surface area contributed by atoms with Gasteiger partial charge in [0.1, 0.15) is 0 Å². The van der Waals surface area contributed by atoms with Gasteiger partial charge in [-0.25, -0.2) is 0 Å². The first-order valence-electron chi connectivity index (χ1n) is 6.20. The van der Waals surface area contributed by atoms with Crippen LogP contribution in [0.2, 0.25) is 0 Å². The van der Waals surface area contributed by atoms with Crippen LogP contribution in [0, 0.1) is 0 Å². The van der Waals surface area contributed by atoms with E-state index in [-0.39, 0.29) is 11.4 Å². The second-order valence-corrected chi connectivity index (χ2v) is 5.87. The van der Waals surface area contributed by atoms with Crippen LogP contribution >= 0.6 is 0 Å². The Morgan fingerprint density at radius 3 is 2.59 bits per heavy atom. The summed E-state index contributed by atoms with van der Waals surface area (Å²) in [6.07, 6.45) is 0.857. The summed E-state index contributed by atoms with van der Waals surface area (Å²) in [4.78, 5) is 13.9. The van der Waals surface area contributed by atoms with Crippen LogP contribution in [0.25, 0.3) is 0 Å². The van der Waals surface area contributed by atoms with Gasteiger partial charge in [0, 0.05) is 18.5 Å². The number of carbonyl (C=O) groups excluding carboxylic acids is 1. The molecule has 0 aromatic rings. The lowest BCUT2D eigenvalue weighted by molar-refractivity contribution is -0.146. The zero-order valence-electron chi connectivity index (χ0n) is 10.9. The molecule has 5 heteroatoms. The van der Waals surface area contributed by atoms with Gasteiger partial charge in [-0.2, -0.15) is 0 Å². The molecule has 0 saturated carbocycles. The van der Waals surface area contributed by atoms with Crippen LogP contribution in [-0.2, 0) is 14.3 Å². The standard InChI is InChI=1S/C12H22N2O3/c1-11(2,3)13-10(15)8-14-5-4-12(9-14)16-6-7-17-12/h4-9H2,1-3H3,(H,13,15). The van der Waals surface area contributed by atoms with Gasteiger partial charge in [0.15, 0.2) is 5.79 Å². The Bertz CT molecular complexity index is 293. The summed E-state index contributed by atoms with van der Waals surface area (Å²) >= 11 is 0. The van der Waals surface area contributed by atoms with E-state index in [1.54, 1.807) is 0 Å². The lowest BCUT2D eigenvalue weighted by Crippen LogP contribution is -2.46. The van der Waals surface area contributed by atoms with Gasteiger partial charge in [0.25, 0.3) is 0 Å². The monoisotopic (exact) mass is 242 g/mol. The van der Waals surface area contributed by atoms with Crippen LogP contribution in [0.15, 0.2) is 0 Å². The van der Waals surface area contributed by atoms with Crippen molar-refractivity contribution in [2.24, 2.45) is 0 Å². The van der Waals surface area contributed by atoms with E-state index in [1.165, 1.54) is 0 Å². The molecule has 0 aromatic heterocycles. The van der Waals surface area contributed by atoms with Crippen molar-refractivity contribution in [3.8, 4) is 0 Å². The lowest BCUT2D eigenvalue weighted by atomic mass is 10.1. The van der Waals surface area contributed by atoms with Crippen molar-refractivity contribution in [2.45, 2.75) is 38.5 Å². The molecule has 0 atom stereocenters. The number of nitrogens with one attached hydrogen (secondary N) is 1. The van der Waals surface area contributed by atoms with E-state index in [9.17, 15) is 4.79 Å². The maximum Gasteiger partial charge on any atom is 0.234 e. The Morgan fingerprint density at radius 2 is 2.00 bits per heavy atom. The summed E-state index contributed by atoms with van der Waals surface area (Å²) in [5.74, 6) is -0.366. The molecule has 5 nitrogen and oxygen atoms in total. The van der Waals surface area contributed by atoms with E-state index in [4.69, 9.17) is 9.47 Å². The largest absolute Gasteiger partial charge is 0.350 e. The molecule has 2 aliphatic heterocycles. The molecule has 0 bridgehead atoms. The number of amides is 1. The molecule has 2 aliphatic rings. The fourth-order valence-electron chi connectivity index (χ4n) is 2.36. The fraction of sp³-hybridized carbons (Fsp3) is 0.917. The van der Waals surface area contributed by atoms with Crippen LogP contribution in [-0.4, -0.2) is 55.0 Å². The second-order valence-electron chi connectivity index (χ2n) is 5.87. The Kier molecular flexibility index (Phi) is 3.43. The molecule has 1 amide bonds. The first-order valence-corrected chi connectivity index (χ1v) is 6.20. The van der Waals surface area contributed by atoms with Crippen molar-refractivity contribution in [3.05, 3.63) is 0 Å². The predicted molar refractivity (Wildman–Crippen MR) is 63.6 cm³/mol. The Hall–Kier alpha value is -0.650. The number of carbonyl (C=O) groups is 1. The molecular weight excluding hydrogens is 220 g/mol. The van der Waals surface area contributed by atoms with Crippen molar-refractivity contribution >= 4 is 5.91 Å². The molecular formula is C12H22N2O3. The van der Waals surface area contributed by atoms with Gasteiger partial charge >= 0.3 is 0 Å². The van der Waals surface area contributed by atoms with Crippen LogP contribution < -0.4 is 5.32 Å². The van der Waals surface area contributed by atoms with Crippen molar-refractivity contribution in [2.75, 3.05) is 32.8 Å². The van der Waals surface area contributed by atoms with Crippen LogP contribution in [0.1, 0.15) is 27.2 Å². The number of ether oxygens (including phenoxy) is 2. The first-order chi connectivity index (χ1) is 7.89. The smallest absolute Gasteiger partial charge is 0.234 e. The third-order valence-electron chi connectivity index (χ3n) is 2.97. The highest BCUT2D eigenvalue weighted by atomic mass is 16.7. The van der Waals surface area contributed by atoms with Gasteiger partial charge in [-0.1, -0.05) is 0 Å². The fourth-order valence-corrected chi connectivity index (χ4v) is 2.36. The van der Waals surface area contributed by atoms with Crippen molar-refractivity contribution < 1.29 is 14.3 Å². The zero-order chi connectivity index (χ0) is 12.5. The topological polar surface area (TPSA) is 50.8 Å². The van der Waals surface area contributed by atoms with E-state index < -0.39 is 5.79 Å². The minimum Gasteiger partial charge on any atom is -0.350 e.